The fourth-order valence-corrected chi connectivity index (χ4v) is 3.65. The number of hydrogen-bond acceptors (Lipinski definition) is 2. The third-order valence-electron chi connectivity index (χ3n) is 5.42. The summed E-state index contributed by atoms with van der Waals surface area (Å²) in [7, 11) is 0. The number of ether oxygens (including phenoxy) is 2. The lowest BCUT2D eigenvalue weighted by Gasteiger charge is -2.32. The highest BCUT2D eigenvalue weighted by atomic mass is 19.4. The smallest absolute Gasteiger partial charge is 0.422 e. The summed E-state index contributed by atoms with van der Waals surface area (Å²) in [5.74, 6) is -4.30. The first-order chi connectivity index (χ1) is 14.5. The molecule has 31 heavy (non-hydrogen) atoms. The van der Waals surface area contributed by atoms with E-state index in [1.807, 2.05) is 6.92 Å². The monoisotopic (exact) mass is 446 g/mol. The van der Waals surface area contributed by atoms with Gasteiger partial charge < -0.3 is 9.47 Å². The maximum Gasteiger partial charge on any atom is 0.422 e. The van der Waals surface area contributed by atoms with Crippen LogP contribution in [0.4, 0.5) is 26.3 Å². The number of alkyl halides is 5. The summed E-state index contributed by atoms with van der Waals surface area (Å²) in [6.07, 6.45) is -7.34. The number of aryl methyl sites for hydroxylation is 1. The second kappa shape index (κ2) is 9.10. The van der Waals surface area contributed by atoms with Crippen LogP contribution in [-0.2, 0) is 17.3 Å². The van der Waals surface area contributed by atoms with Crippen molar-refractivity contribution in [1.82, 2.24) is 0 Å². The van der Waals surface area contributed by atoms with Crippen molar-refractivity contribution < 1.29 is 35.8 Å². The highest BCUT2D eigenvalue weighted by Gasteiger charge is 2.47. The largest absolute Gasteiger partial charge is 0.432 e. The molecule has 0 N–H and O–H groups in total. The van der Waals surface area contributed by atoms with Gasteiger partial charge in [-0.1, -0.05) is 37.6 Å². The minimum absolute atomic E-state index is 0.0280. The van der Waals surface area contributed by atoms with Crippen molar-refractivity contribution in [3.05, 3.63) is 53.3 Å². The van der Waals surface area contributed by atoms with Crippen LogP contribution >= 0.6 is 0 Å². The summed E-state index contributed by atoms with van der Waals surface area (Å²) in [6.45, 7) is 3.36. The summed E-state index contributed by atoms with van der Waals surface area (Å²) < 4.78 is 94.7. The van der Waals surface area contributed by atoms with Crippen LogP contribution in [0.25, 0.3) is 11.1 Å². The fourth-order valence-electron chi connectivity index (χ4n) is 3.65. The molecule has 8 heteroatoms. The van der Waals surface area contributed by atoms with Gasteiger partial charge in [-0.05, 0) is 49.4 Å². The Balaban J connectivity index is 1.95. The predicted molar refractivity (Wildman–Crippen MR) is 105 cm³/mol. The fraction of sp³-hybridized carbons (Fsp3) is 0.478. The van der Waals surface area contributed by atoms with Gasteiger partial charge in [0, 0.05) is 5.56 Å². The standard InChI is InChI=1S/C23H24F6O2/c1-3-4-15-6-8-16(9-7-15)18-11-12-19(20(21(18)24)22(25,26)27)31-23(28,29)17-10-5-14(2)30-13-17/h6-9,11-12,14,17H,3-5,10,13H2,1-2H3. The van der Waals surface area contributed by atoms with Gasteiger partial charge in [-0.3, -0.25) is 0 Å². The van der Waals surface area contributed by atoms with E-state index < -0.39 is 35.3 Å². The van der Waals surface area contributed by atoms with E-state index in [1.165, 1.54) is 12.1 Å². The Bertz CT molecular complexity index is 884. The molecule has 1 aliphatic rings. The molecule has 1 fully saturated rings. The van der Waals surface area contributed by atoms with Gasteiger partial charge in [-0.2, -0.15) is 22.0 Å². The van der Waals surface area contributed by atoms with Crippen LogP contribution < -0.4 is 4.74 Å². The molecule has 2 atom stereocenters. The summed E-state index contributed by atoms with van der Waals surface area (Å²) in [6, 6.07) is 8.21. The van der Waals surface area contributed by atoms with Crippen molar-refractivity contribution in [3.63, 3.8) is 0 Å². The Morgan fingerprint density at radius 3 is 2.23 bits per heavy atom. The van der Waals surface area contributed by atoms with Gasteiger partial charge >= 0.3 is 12.3 Å². The highest BCUT2D eigenvalue weighted by molar-refractivity contribution is 5.67. The van der Waals surface area contributed by atoms with Gasteiger partial charge in [0.2, 0.25) is 0 Å². The van der Waals surface area contributed by atoms with E-state index >= 15 is 0 Å². The number of benzene rings is 2. The van der Waals surface area contributed by atoms with E-state index in [1.54, 1.807) is 19.1 Å². The minimum Gasteiger partial charge on any atom is -0.432 e. The molecule has 3 rings (SSSR count). The molecule has 170 valence electrons. The van der Waals surface area contributed by atoms with Crippen LogP contribution in [0.3, 0.4) is 0 Å². The lowest BCUT2D eigenvalue weighted by molar-refractivity contribution is -0.242. The van der Waals surface area contributed by atoms with Crippen LogP contribution in [0.15, 0.2) is 36.4 Å². The van der Waals surface area contributed by atoms with E-state index in [2.05, 4.69) is 4.74 Å². The summed E-state index contributed by atoms with van der Waals surface area (Å²) in [4.78, 5) is 0. The number of hydrogen-bond donors (Lipinski definition) is 0. The first-order valence-corrected chi connectivity index (χ1v) is 10.2. The molecule has 0 aromatic heterocycles. The molecule has 0 saturated carbocycles. The Morgan fingerprint density at radius 1 is 1.00 bits per heavy atom. The maximum absolute atomic E-state index is 15.0. The summed E-state index contributed by atoms with van der Waals surface area (Å²) >= 11 is 0. The Morgan fingerprint density at radius 2 is 1.68 bits per heavy atom. The summed E-state index contributed by atoms with van der Waals surface area (Å²) in [5.41, 5.74) is -0.990. The Labute approximate surface area is 177 Å². The zero-order chi connectivity index (χ0) is 22.8. The molecule has 2 nitrogen and oxygen atoms in total. The normalized spacial score (nSPS) is 20.0. The number of halogens is 6. The maximum atomic E-state index is 15.0. The molecular weight excluding hydrogens is 422 g/mol. The first-order valence-electron chi connectivity index (χ1n) is 10.2. The third kappa shape index (κ3) is 5.34. The molecule has 0 aliphatic carbocycles. The van der Waals surface area contributed by atoms with E-state index in [0.717, 1.165) is 30.5 Å². The van der Waals surface area contributed by atoms with E-state index in [-0.39, 0.29) is 30.3 Å². The third-order valence-corrected chi connectivity index (χ3v) is 5.42. The zero-order valence-electron chi connectivity index (χ0n) is 17.2. The van der Waals surface area contributed by atoms with Gasteiger partial charge in [0.05, 0.1) is 18.6 Å². The van der Waals surface area contributed by atoms with Gasteiger partial charge in [-0.25, -0.2) is 4.39 Å². The van der Waals surface area contributed by atoms with Crippen molar-refractivity contribution in [2.45, 2.75) is 57.9 Å². The molecular formula is C23H24F6O2. The van der Waals surface area contributed by atoms with E-state index in [0.29, 0.717) is 6.42 Å². The molecule has 2 unspecified atom stereocenters. The van der Waals surface area contributed by atoms with Crippen LogP contribution in [0, 0.1) is 11.7 Å². The Kier molecular flexibility index (Phi) is 6.88. The predicted octanol–water partition coefficient (Wildman–Crippen LogP) is 7.25. The van der Waals surface area contributed by atoms with Gasteiger partial charge in [0.25, 0.3) is 0 Å². The quantitative estimate of drug-likeness (QED) is 0.435. The van der Waals surface area contributed by atoms with E-state index in [4.69, 9.17) is 4.74 Å². The molecule has 2 aromatic carbocycles. The molecule has 1 heterocycles. The topological polar surface area (TPSA) is 18.5 Å². The van der Waals surface area contributed by atoms with Crippen LogP contribution in [-0.4, -0.2) is 18.8 Å². The van der Waals surface area contributed by atoms with Gasteiger partial charge in [-0.15, -0.1) is 0 Å². The Hall–Kier alpha value is -2.22. The summed E-state index contributed by atoms with van der Waals surface area (Å²) in [5, 5.41) is 0. The first kappa shape index (κ1) is 23.4. The van der Waals surface area contributed by atoms with Gasteiger partial charge in [0.1, 0.15) is 17.1 Å². The minimum atomic E-state index is -5.22. The lowest BCUT2D eigenvalue weighted by atomic mass is 9.97. The molecule has 1 saturated heterocycles. The molecule has 2 aromatic rings. The second-order valence-corrected chi connectivity index (χ2v) is 7.83. The van der Waals surface area contributed by atoms with Crippen LogP contribution in [0.1, 0.15) is 44.2 Å². The van der Waals surface area contributed by atoms with E-state index in [9.17, 15) is 26.3 Å². The van der Waals surface area contributed by atoms with Crippen molar-refractivity contribution >= 4 is 0 Å². The van der Waals surface area contributed by atoms with Crippen molar-refractivity contribution in [2.24, 2.45) is 5.92 Å². The van der Waals surface area contributed by atoms with Crippen LogP contribution in [0.5, 0.6) is 5.75 Å². The van der Waals surface area contributed by atoms with Crippen molar-refractivity contribution in [1.29, 1.82) is 0 Å². The van der Waals surface area contributed by atoms with Gasteiger partial charge in [0.15, 0.2) is 0 Å². The molecule has 0 amide bonds. The average molecular weight is 446 g/mol. The lowest BCUT2D eigenvalue weighted by Crippen LogP contribution is -2.41. The van der Waals surface area contributed by atoms with Crippen LogP contribution in [0.2, 0.25) is 0 Å². The van der Waals surface area contributed by atoms with Crippen molar-refractivity contribution in [3.8, 4) is 16.9 Å². The second-order valence-electron chi connectivity index (χ2n) is 7.83. The molecule has 1 aliphatic heterocycles. The average Bonchev–Trinajstić information content (AvgIpc) is 2.68. The molecule has 0 radical (unpaired) electrons. The zero-order valence-corrected chi connectivity index (χ0v) is 17.2. The van der Waals surface area contributed by atoms with Crippen molar-refractivity contribution in [2.75, 3.05) is 6.61 Å². The molecule has 0 spiro atoms. The molecule has 0 bridgehead atoms. The SMILES string of the molecule is CCCc1ccc(-c2ccc(OC(F)(F)C3CCC(C)OC3)c(C(F)(F)F)c2F)cc1. The highest BCUT2D eigenvalue weighted by Crippen LogP contribution is 2.44. The number of rotatable bonds is 6.